The summed E-state index contributed by atoms with van der Waals surface area (Å²) < 4.78 is 1.83. The highest BCUT2D eigenvalue weighted by Gasteiger charge is 2.18. The summed E-state index contributed by atoms with van der Waals surface area (Å²) in [5.74, 6) is -0.236. The Bertz CT molecular complexity index is 754. The largest absolute Gasteiger partial charge is 0.349 e. The lowest BCUT2D eigenvalue weighted by Gasteiger charge is -2.17. The Morgan fingerprint density at radius 1 is 1.30 bits per heavy atom. The fourth-order valence-electron chi connectivity index (χ4n) is 2.23. The van der Waals surface area contributed by atoms with Crippen LogP contribution in [-0.4, -0.2) is 22.2 Å². The van der Waals surface area contributed by atoms with Gasteiger partial charge in [-0.05, 0) is 35.7 Å². The Balaban J connectivity index is 1.75. The van der Waals surface area contributed by atoms with Crippen LogP contribution in [-0.2, 0) is 0 Å². The number of nitrogens with zero attached hydrogens (tertiary/aromatic N) is 2. The number of aromatic nitrogens is 2. The second-order valence-electron chi connectivity index (χ2n) is 4.85. The van der Waals surface area contributed by atoms with E-state index in [1.807, 2.05) is 34.5 Å². The van der Waals surface area contributed by atoms with Crippen molar-refractivity contribution in [2.45, 2.75) is 6.04 Å². The number of rotatable bonds is 5. The van der Waals surface area contributed by atoms with Crippen LogP contribution in [0.4, 0.5) is 0 Å². The number of hydrogen-bond donors (Lipinski definition) is 1. The van der Waals surface area contributed by atoms with Crippen LogP contribution in [0.3, 0.4) is 0 Å². The SMILES string of the molecule is O=C(NCC(c1cccs1)n1cccn1)c1ccc(Cl)cc1Cl. The number of carbonyl (C=O) groups excluding carboxylic acids is 1. The number of halogens is 2. The number of thiophene rings is 1. The molecule has 118 valence electrons. The van der Waals surface area contributed by atoms with E-state index in [-0.39, 0.29) is 11.9 Å². The van der Waals surface area contributed by atoms with Crippen molar-refractivity contribution in [1.82, 2.24) is 15.1 Å². The van der Waals surface area contributed by atoms with Crippen molar-refractivity contribution >= 4 is 40.4 Å². The molecule has 0 saturated heterocycles. The van der Waals surface area contributed by atoms with E-state index in [1.54, 1.807) is 35.7 Å². The Hall–Kier alpha value is -1.82. The number of hydrogen-bond acceptors (Lipinski definition) is 3. The first-order valence-corrected chi connectivity index (χ1v) is 8.54. The monoisotopic (exact) mass is 365 g/mol. The predicted octanol–water partition coefficient (Wildman–Crippen LogP) is 4.27. The first-order chi connectivity index (χ1) is 11.1. The molecular weight excluding hydrogens is 353 g/mol. The maximum absolute atomic E-state index is 12.4. The van der Waals surface area contributed by atoms with E-state index >= 15 is 0 Å². The molecule has 0 fully saturated rings. The first-order valence-electron chi connectivity index (χ1n) is 6.91. The lowest BCUT2D eigenvalue weighted by atomic mass is 10.2. The van der Waals surface area contributed by atoms with E-state index in [9.17, 15) is 4.79 Å². The number of nitrogens with one attached hydrogen (secondary N) is 1. The molecule has 1 amide bonds. The van der Waals surface area contributed by atoms with E-state index in [0.29, 0.717) is 22.2 Å². The highest BCUT2D eigenvalue weighted by atomic mass is 35.5. The fraction of sp³-hybridized carbons (Fsp3) is 0.125. The summed E-state index contributed by atoms with van der Waals surface area (Å²) in [7, 11) is 0. The standard InChI is InChI=1S/C16H13Cl2N3OS/c17-11-4-5-12(13(18)9-11)16(22)19-10-14(15-3-1-8-23-15)21-7-2-6-20-21/h1-9,14H,10H2,(H,19,22). The zero-order valence-electron chi connectivity index (χ0n) is 11.9. The molecule has 2 aromatic heterocycles. The third-order valence-corrected chi connectivity index (χ3v) is 4.87. The van der Waals surface area contributed by atoms with Crippen LogP contribution in [0.25, 0.3) is 0 Å². The van der Waals surface area contributed by atoms with E-state index in [1.165, 1.54) is 0 Å². The quantitative estimate of drug-likeness (QED) is 0.733. The van der Waals surface area contributed by atoms with Gasteiger partial charge in [-0.1, -0.05) is 29.3 Å². The number of carbonyl (C=O) groups is 1. The summed E-state index contributed by atoms with van der Waals surface area (Å²) in [6.07, 6.45) is 3.60. The molecule has 0 aliphatic carbocycles. The third kappa shape index (κ3) is 3.75. The normalized spacial score (nSPS) is 12.1. The van der Waals surface area contributed by atoms with Crippen molar-refractivity contribution in [3.05, 3.63) is 74.7 Å². The van der Waals surface area contributed by atoms with Crippen LogP contribution in [0.2, 0.25) is 10.0 Å². The van der Waals surface area contributed by atoms with Gasteiger partial charge in [0.15, 0.2) is 0 Å². The van der Waals surface area contributed by atoms with E-state index in [4.69, 9.17) is 23.2 Å². The van der Waals surface area contributed by atoms with Crippen LogP contribution in [0.1, 0.15) is 21.3 Å². The van der Waals surface area contributed by atoms with Gasteiger partial charge in [0, 0.05) is 28.8 Å². The Labute approximate surface area is 147 Å². The van der Waals surface area contributed by atoms with Crippen LogP contribution in [0, 0.1) is 0 Å². The van der Waals surface area contributed by atoms with Gasteiger partial charge < -0.3 is 5.32 Å². The second kappa shape index (κ2) is 7.17. The molecule has 0 saturated carbocycles. The molecule has 1 aromatic carbocycles. The molecule has 0 aliphatic rings. The van der Waals surface area contributed by atoms with Crippen molar-refractivity contribution in [2.75, 3.05) is 6.54 Å². The number of benzene rings is 1. The highest BCUT2D eigenvalue weighted by Crippen LogP contribution is 2.23. The van der Waals surface area contributed by atoms with Crippen LogP contribution >= 0.6 is 34.5 Å². The molecule has 1 unspecified atom stereocenters. The molecule has 0 aliphatic heterocycles. The Morgan fingerprint density at radius 3 is 2.83 bits per heavy atom. The molecule has 0 radical (unpaired) electrons. The Kier molecular flexibility index (Phi) is 5.00. The van der Waals surface area contributed by atoms with Crippen molar-refractivity contribution < 1.29 is 4.79 Å². The van der Waals surface area contributed by atoms with Crippen LogP contribution in [0.15, 0.2) is 54.2 Å². The van der Waals surface area contributed by atoms with Gasteiger partial charge >= 0.3 is 0 Å². The summed E-state index contributed by atoms with van der Waals surface area (Å²) in [5.41, 5.74) is 0.404. The zero-order valence-corrected chi connectivity index (χ0v) is 14.3. The minimum Gasteiger partial charge on any atom is -0.349 e. The average molecular weight is 366 g/mol. The van der Waals surface area contributed by atoms with Gasteiger partial charge in [-0.15, -0.1) is 11.3 Å². The third-order valence-electron chi connectivity index (χ3n) is 3.35. The first kappa shape index (κ1) is 16.1. The van der Waals surface area contributed by atoms with Gasteiger partial charge in [0.2, 0.25) is 0 Å². The molecule has 3 rings (SSSR count). The summed E-state index contributed by atoms with van der Waals surface area (Å²) in [5, 5.41) is 10.0. The second-order valence-corrected chi connectivity index (χ2v) is 6.67. The molecule has 23 heavy (non-hydrogen) atoms. The lowest BCUT2D eigenvalue weighted by Crippen LogP contribution is -2.31. The van der Waals surface area contributed by atoms with Crippen molar-refractivity contribution in [3.8, 4) is 0 Å². The van der Waals surface area contributed by atoms with Crippen molar-refractivity contribution in [1.29, 1.82) is 0 Å². The molecule has 3 aromatic rings. The minimum absolute atomic E-state index is 0.0555. The average Bonchev–Trinajstić information content (AvgIpc) is 3.21. The van der Waals surface area contributed by atoms with Gasteiger partial charge in [-0.25, -0.2) is 0 Å². The van der Waals surface area contributed by atoms with Crippen molar-refractivity contribution in [3.63, 3.8) is 0 Å². The van der Waals surface area contributed by atoms with Gasteiger partial charge in [-0.2, -0.15) is 5.10 Å². The molecule has 4 nitrogen and oxygen atoms in total. The maximum Gasteiger partial charge on any atom is 0.252 e. The van der Waals surface area contributed by atoms with E-state index in [0.717, 1.165) is 4.88 Å². The summed E-state index contributed by atoms with van der Waals surface area (Å²) >= 11 is 13.6. The summed E-state index contributed by atoms with van der Waals surface area (Å²) in [4.78, 5) is 13.5. The number of amides is 1. The van der Waals surface area contributed by atoms with Gasteiger partial charge in [0.1, 0.15) is 6.04 Å². The molecule has 1 N–H and O–H groups in total. The molecule has 0 spiro atoms. The van der Waals surface area contributed by atoms with Crippen LogP contribution < -0.4 is 5.32 Å². The fourth-order valence-corrected chi connectivity index (χ4v) is 3.54. The van der Waals surface area contributed by atoms with Gasteiger partial charge in [0.05, 0.1) is 10.6 Å². The topological polar surface area (TPSA) is 46.9 Å². The zero-order chi connectivity index (χ0) is 16.2. The Morgan fingerprint density at radius 2 is 2.17 bits per heavy atom. The molecule has 2 heterocycles. The predicted molar refractivity (Wildman–Crippen MR) is 93.5 cm³/mol. The van der Waals surface area contributed by atoms with E-state index < -0.39 is 0 Å². The molecule has 0 bridgehead atoms. The molecular formula is C16H13Cl2N3OS. The van der Waals surface area contributed by atoms with Crippen LogP contribution in [0.5, 0.6) is 0 Å². The summed E-state index contributed by atoms with van der Waals surface area (Å²) in [6, 6.07) is 10.6. The highest BCUT2D eigenvalue weighted by molar-refractivity contribution is 7.10. The smallest absolute Gasteiger partial charge is 0.252 e. The molecule has 7 heteroatoms. The summed E-state index contributed by atoms with van der Waals surface area (Å²) in [6.45, 7) is 0.417. The lowest BCUT2D eigenvalue weighted by molar-refractivity contribution is 0.0949. The molecule has 1 atom stereocenters. The van der Waals surface area contributed by atoms with Gasteiger partial charge in [0.25, 0.3) is 5.91 Å². The van der Waals surface area contributed by atoms with Gasteiger partial charge in [-0.3, -0.25) is 9.48 Å². The minimum atomic E-state index is -0.236. The van der Waals surface area contributed by atoms with Crippen molar-refractivity contribution in [2.24, 2.45) is 0 Å². The van der Waals surface area contributed by atoms with E-state index in [2.05, 4.69) is 10.4 Å². The maximum atomic E-state index is 12.4.